The fourth-order valence-electron chi connectivity index (χ4n) is 4.28. The Balaban J connectivity index is 1.61. The van der Waals surface area contributed by atoms with Gasteiger partial charge in [0.25, 0.3) is 5.56 Å². The minimum Gasteiger partial charge on any atom is -0.462 e. The molecule has 0 spiro atoms. The summed E-state index contributed by atoms with van der Waals surface area (Å²) >= 11 is 0. The van der Waals surface area contributed by atoms with Crippen LogP contribution in [0.3, 0.4) is 0 Å². The maximum atomic E-state index is 15.6. The van der Waals surface area contributed by atoms with Crippen LogP contribution in [0.15, 0.2) is 58.3 Å². The van der Waals surface area contributed by atoms with Gasteiger partial charge in [0.1, 0.15) is 24.0 Å². The molecule has 3 N–H and O–H groups in total. The van der Waals surface area contributed by atoms with Crippen molar-refractivity contribution in [3.63, 3.8) is 0 Å². The van der Waals surface area contributed by atoms with Crippen molar-refractivity contribution in [1.29, 1.82) is 0 Å². The molecule has 3 aromatic rings. The number of nitrogens with zero attached hydrogens (tertiary/aromatic N) is 1. The molecule has 222 valence electrons. The maximum absolute atomic E-state index is 15.6. The molecule has 0 aliphatic carbocycles. The van der Waals surface area contributed by atoms with Gasteiger partial charge in [0, 0.05) is 5.39 Å². The Bertz CT molecular complexity index is 1590. The molecule has 0 saturated carbocycles. The molecule has 2 heterocycles. The molecule has 6 atom stereocenters. The molecule has 2 aromatic carbocycles. The third-order valence-corrected chi connectivity index (χ3v) is 7.96. The number of aliphatic hydroxyl groups excluding tert-OH is 1. The van der Waals surface area contributed by atoms with Gasteiger partial charge >= 0.3 is 19.4 Å². The number of ether oxygens (including phenoxy) is 2. The first-order chi connectivity index (χ1) is 19.2. The molecule has 1 saturated heterocycles. The second-order valence-electron chi connectivity index (χ2n) is 9.96. The summed E-state index contributed by atoms with van der Waals surface area (Å²) in [6.45, 7) is 4.80. The Morgan fingerprint density at radius 3 is 2.61 bits per heavy atom. The van der Waals surface area contributed by atoms with Crippen LogP contribution in [0.25, 0.3) is 10.8 Å². The van der Waals surface area contributed by atoms with Crippen molar-refractivity contribution in [2.45, 2.75) is 63.9 Å². The molecule has 1 aromatic heterocycles. The second kappa shape index (κ2) is 11.8. The number of aromatic amines is 1. The van der Waals surface area contributed by atoms with E-state index in [0.29, 0.717) is 16.2 Å². The van der Waals surface area contributed by atoms with Gasteiger partial charge in [-0.05, 0) is 39.1 Å². The number of hydrogen-bond donors (Lipinski definition) is 3. The van der Waals surface area contributed by atoms with Crippen molar-refractivity contribution in [2.24, 2.45) is 0 Å². The van der Waals surface area contributed by atoms with Crippen molar-refractivity contribution in [2.75, 3.05) is 6.61 Å². The highest BCUT2D eigenvalue weighted by Crippen LogP contribution is 2.48. The molecule has 1 fully saturated rings. The minimum absolute atomic E-state index is 0.139. The third kappa shape index (κ3) is 6.57. The Kier molecular flexibility index (Phi) is 8.81. The van der Waals surface area contributed by atoms with E-state index in [2.05, 4.69) is 5.09 Å². The van der Waals surface area contributed by atoms with E-state index in [1.54, 1.807) is 55.2 Å². The first kappa shape index (κ1) is 30.5. The minimum atomic E-state index is -4.48. The topological polar surface area (TPSA) is 158 Å². The number of carbonyl (C=O) groups excluding carboxylic acids is 1. The lowest BCUT2D eigenvalue weighted by molar-refractivity contribution is -0.149. The van der Waals surface area contributed by atoms with E-state index >= 15 is 4.39 Å². The van der Waals surface area contributed by atoms with E-state index in [-0.39, 0.29) is 5.75 Å². The number of alkyl halides is 1. The summed E-state index contributed by atoms with van der Waals surface area (Å²) in [5, 5.41) is 14.5. The molecule has 1 aliphatic heterocycles. The van der Waals surface area contributed by atoms with Gasteiger partial charge in [0.05, 0.1) is 18.9 Å². The molecule has 0 amide bonds. The first-order valence-corrected chi connectivity index (χ1v) is 14.2. The van der Waals surface area contributed by atoms with E-state index < -0.39 is 73.6 Å². The fourth-order valence-corrected chi connectivity index (χ4v) is 5.80. The number of fused-ring (bicyclic) bond motifs is 1. The molecule has 1 aliphatic rings. The monoisotopic (exact) mass is 597 g/mol. The van der Waals surface area contributed by atoms with Crippen LogP contribution in [-0.2, 0) is 23.4 Å². The number of nitrogens with one attached hydrogen (secondary N) is 2. The summed E-state index contributed by atoms with van der Waals surface area (Å²) in [4.78, 5) is 37.8. The van der Waals surface area contributed by atoms with Gasteiger partial charge in [-0.25, -0.2) is 13.8 Å². The van der Waals surface area contributed by atoms with E-state index in [1.165, 1.54) is 13.0 Å². The number of carbonyl (C=O) groups is 1. The smallest absolute Gasteiger partial charge is 0.459 e. The lowest BCUT2D eigenvalue weighted by atomic mass is 9.98. The van der Waals surface area contributed by atoms with E-state index in [1.807, 2.05) is 0 Å². The van der Waals surface area contributed by atoms with Crippen molar-refractivity contribution >= 4 is 24.5 Å². The normalized spacial score (nSPS) is 24.7. The third-order valence-electron chi connectivity index (χ3n) is 6.33. The zero-order valence-corrected chi connectivity index (χ0v) is 23.5. The van der Waals surface area contributed by atoms with E-state index in [9.17, 15) is 28.4 Å². The lowest BCUT2D eigenvalue weighted by Gasteiger charge is -2.26. The van der Waals surface area contributed by atoms with Gasteiger partial charge in [-0.2, -0.15) is 9.48 Å². The Labute approximate surface area is 232 Å². The zero-order chi connectivity index (χ0) is 30.1. The van der Waals surface area contributed by atoms with Crippen LogP contribution in [-0.4, -0.2) is 57.3 Å². The average Bonchev–Trinajstić information content (AvgIpc) is 3.13. The quantitative estimate of drug-likeness (QED) is 0.234. The highest BCUT2D eigenvalue weighted by atomic mass is 31.2. The number of aromatic nitrogens is 2. The van der Waals surface area contributed by atoms with Crippen molar-refractivity contribution in [1.82, 2.24) is 14.6 Å². The van der Waals surface area contributed by atoms with Crippen LogP contribution >= 0.6 is 7.75 Å². The van der Waals surface area contributed by atoms with Gasteiger partial charge < -0.3 is 19.1 Å². The average molecular weight is 598 g/mol. The number of aliphatic hydroxyl groups is 1. The molecule has 15 heteroatoms. The Morgan fingerprint density at radius 2 is 1.90 bits per heavy atom. The Hall–Kier alpha value is -3.42. The molecule has 4 rings (SSSR count). The van der Waals surface area contributed by atoms with Crippen molar-refractivity contribution in [3.05, 3.63) is 75.3 Å². The number of benzene rings is 2. The van der Waals surface area contributed by atoms with Crippen LogP contribution in [0.4, 0.5) is 8.78 Å². The number of esters is 1. The van der Waals surface area contributed by atoms with Crippen LogP contribution in [0.1, 0.15) is 33.9 Å². The van der Waals surface area contributed by atoms with Crippen LogP contribution in [0, 0.1) is 5.82 Å². The van der Waals surface area contributed by atoms with Gasteiger partial charge in [-0.15, -0.1) is 0 Å². The highest BCUT2D eigenvalue weighted by Gasteiger charge is 2.56. The van der Waals surface area contributed by atoms with E-state index in [0.717, 1.165) is 12.3 Å². The number of rotatable bonds is 10. The summed E-state index contributed by atoms with van der Waals surface area (Å²) in [6.07, 6.45) is -5.38. The molecule has 41 heavy (non-hydrogen) atoms. The molecule has 0 radical (unpaired) electrons. The Morgan fingerprint density at radius 1 is 1.22 bits per heavy atom. The standard InChI is InChI=1S/C26H30F2N3O9P/c1-14(2)38-23(34)15(3)30-41(36,40-19-11-7-9-16-8-5-6-10-17(16)19)37-13-20-21(32)26(4,28)24(39-20)31-12-18(27)22(33)29-25(31)35/h5-12,14-15,20-21,24,32H,13H2,1-4H3,(H,30,36)(H,29,33,35)/t15-,20-,21-,24-,26-,41?/m1/s1. The maximum Gasteiger partial charge on any atom is 0.459 e. The summed E-state index contributed by atoms with van der Waals surface area (Å²) in [7, 11) is -4.48. The largest absolute Gasteiger partial charge is 0.462 e. The van der Waals surface area contributed by atoms with Crippen LogP contribution < -0.4 is 20.9 Å². The first-order valence-electron chi connectivity index (χ1n) is 12.7. The molecule has 0 bridgehead atoms. The summed E-state index contributed by atoms with van der Waals surface area (Å²) in [5.41, 5.74) is -5.17. The fraction of sp³-hybridized carbons (Fsp3) is 0.423. The molecule has 12 nitrogen and oxygen atoms in total. The number of halogens is 2. The van der Waals surface area contributed by atoms with E-state index in [4.69, 9.17) is 18.5 Å². The van der Waals surface area contributed by atoms with Gasteiger partial charge in [-0.3, -0.25) is 23.7 Å². The van der Waals surface area contributed by atoms with Crippen molar-refractivity contribution < 1.29 is 41.8 Å². The lowest BCUT2D eigenvalue weighted by Crippen LogP contribution is -2.44. The molecule has 1 unspecified atom stereocenters. The second-order valence-corrected chi connectivity index (χ2v) is 11.7. The molecular formula is C26H30F2N3O9P. The van der Waals surface area contributed by atoms with Crippen molar-refractivity contribution in [3.8, 4) is 5.75 Å². The number of H-pyrrole nitrogens is 1. The van der Waals surface area contributed by atoms with Gasteiger partial charge in [0.2, 0.25) is 5.82 Å². The predicted octanol–water partition coefficient (Wildman–Crippen LogP) is 2.95. The SMILES string of the molecule is CC(C)OC(=O)[C@@H](C)NP(=O)(OC[C@H]1O[C@@H](n2cc(F)c(=O)[nH]c2=O)[C@](C)(F)[C@@H]1O)Oc1cccc2ccccc12. The summed E-state index contributed by atoms with van der Waals surface area (Å²) in [6, 6.07) is 10.9. The van der Waals surface area contributed by atoms with Gasteiger partial charge in [0.15, 0.2) is 11.9 Å². The van der Waals surface area contributed by atoms with Crippen LogP contribution in [0.5, 0.6) is 5.75 Å². The summed E-state index contributed by atoms with van der Waals surface area (Å²) < 4.78 is 65.9. The summed E-state index contributed by atoms with van der Waals surface area (Å²) in [5.74, 6) is -1.99. The zero-order valence-electron chi connectivity index (χ0n) is 22.6. The predicted molar refractivity (Wildman–Crippen MR) is 143 cm³/mol. The van der Waals surface area contributed by atoms with Gasteiger partial charge in [-0.1, -0.05) is 36.4 Å². The number of hydrogen-bond acceptors (Lipinski definition) is 9. The molecular weight excluding hydrogens is 567 g/mol. The highest BCUT2D eigenvalue weighted by molar-refractivity contribution is 7.52. The van der Waals surface area contributed by atoms with Crippen LogP contribution in [0.2, 0.25) is 0 Å².